The fraction of sp³-hybridized carbons (Fsp3) is 0.250. The van der Waals surface area contributed by atoms with Gasteiger partial charge in [0.25, 0.3) is 5.56 Å². The molecule has 4 nitrogen and oxygen atoms in total. The maximum absolute atomic E-state index is 12.5. The Balaban J connectivity index is 2.39. The van der Waals surface area contributed by atoms with Crippen molar-refractivity contribution in [3.63, 3.8) is 0 Å². The Labute approximate surface area is 127 Å². The van der Waals surface area contributed by atoms with Gasteiger partial charge in [0.15, 0.2) is 4.77 Å². The zero-order valence-electron chi connectivity index (χ0n) is 12.0. The smallest absolute Gasteiger partial charge is 0.265 e. The van der Waals surface area contributed by atoms with E-state index < -0.39 is 0 Å². The number of aromatic nitrogens is 2. The van der Waals surface area contributed by atoms with Gasteiger partial charge in [-0.1, -0.05) is 30.3 Å². The fourth-order valence-electron chi connectivity index (χ4n) is 2.50. The molecule has 0 radical (unpaired) electrons. The van der Waals surface area contributed by atoms with E-state index in [1.54, 1.807) is 10.6 Å². The molecule has 0 saturated heterocycles. The van der Waals surface area contributed by atoms with Crippen LogP contribution in [0.15, 0.2) is 45.6 Å². The SMILES string of the molecule is CCn1c(=O)c2cc(-c3ccccc3)oc2n(CC)c1=S. The van der Waals surface area contributed by atoms with Gasteiger partial charge in [-0.25, -0.2) is 0 Å². The number of benzene rings is 1. The summed E-state index contributed by atoms with van der Waals surface area (Å²) in [6.45, 7) is 5.13. The molecule has 108 valence electrons. The fourth-order valence-corrected chi connectivity index (χ4v) is 2.93. The monoisotopic (exact) mass is 300 g/mol. The van der Waals surface area contributed by atoms with Crippen LogP contribution in [0, 0.1) is 4.77 Å². The van der Waals surface area contributed by atoms with Crippen molar-refractivity contribution in [3.8, 4) is 11.3 Å². The first-order valence-corrected chi connectivity index (χ1v) is 7.40. The molecular formula is C16H16N2O2S. The first-order valence-electron chi connectivity index (χ1n) is 7.00. The van der Waals surface area contributed by atoms with Gasteiger partial charge in [-0.15, -0.1) is 0 Å². The molecule has 0 aliphatic carbocycles. The average Bonchev–Trinajstić information content (AvgIpc) is 2.94. The Morgan fingerprint density at radius 1 is 1.10 bits per heavy atom. The van der Waals surface area contributed by atoms with E-state index in [4.69, 9.17) is 16.6 Å². The van der Waals surface area contributed by atoms with Crippen LogP contribution in [0.2, 0.25) is 0 Å². The summed E-state index contributed by atoms with van der Waals surface area (Å²) in [5.41, 5.74) is 1.41. The van der Waals surface area contributed by atoms with Crippen molar-refractivity contribution in [2.75, 3.05) is 0 Å². The molecule has 0 N–H and O–H groups in total. The Morgan fingerprint density at radius 2 is 1.76 bits per heavy atom. The number of fused-ring (bicyclic) bond motifs is 1. The van der Waals surface area contributed by atoms with Crippen molar-refractivity contribution in [1.82, 2.24) is 9.13 Å². The van der Waals surface area contributed by atoms with Crippen LogP contribution in [-0.2, 0) is 13.1 Å². The van der Waals surface area contributed by atoms with Crippen LogP contribution in [0.25, 0.3) is 22.4 Å². The second kappa shape index (κ2) is 5.33. The van der Waals surface area contributed by atoms with Gasteiger partial charge in [0.2, 0.25) is 5.71 Å². The van der Waals surface area contributed by atoms with Gasteiger partial charge in [-0.05, 0) is 32.1 Å². The van der Waals surface area contributed by atoms with Crippen LogP contribution in [0.4, 0.5) is 0 Å². The predicted molar refractivity (Wildman–Crippen MR) is 86.1 cm³/mol. The molecule has 0 amide bonds. The van der Waals surface area contributed by atoms with Gasteiger partial charge in [0, 0.05) is 18.7 Å². The minimum Gasteiger partial charge on any atom is -0.439 e. The van der Waals surface area contributed by atoms with Crippen molar-refractivity contribution in [2.45, 2.75) is 26.9 Å². The van der Waals surface area contributed by atoms with Gasteiger partial charge in [0.1, 0.15) is 11.1 Å². The molecule has 0 saturated carbocycles. The van der Waals surface area contributed by atoms with E-state index in [-0.39, 0.29) is 5.56 Å². The highest BCUT2D eigenvalue weighted by Crippen LogP contribution is 2.26. The van der Waals surface area contributed by atoms with Crippen LogP contribution in [0.1, 0.15) is 13.8 Å². The van der Waals surface area contributed by atoms with Gasteiger partial charge in [0.05, 0.1) is 0 Å². The molecular weight excluding hydrogens is 284 g/mol. The van der Waals surface area contributed by atoms with Crippen LogP contribution < -0.4 is 5.56 Å². The Bertz CT molecular complexity index is 904. The highest BCUT2D eigenvalue weighted by Gasteiger charge is 2.15. The van der Waals surface area contributed by atoms with E-state index in [2.05, 4.69) is 0 Å². The van der Waals surface area contributed by atoms with Crippen LogP contribution in [0.5, 0.6) is 0 Å². The van der Waals surface area contributed by atoms with Crippen LogP contribution in [0.3, 0.4) is 0 Å². The van der Waals surface area contributed by atoms with E-state index in [0.717, 1.165) is 5.56 Å². The Hall–Kier alpha value is -2.14. The number of furan rings is 1. The topological polar surface area (TPSA) is 40.1 Å². The van der Waals surface area contributed by atoms with Crippen molar-refractivity contribution in [2.24, 2.45) is 0 Å². The molecule has 5 heteroatoms. The summed E-state index contributed by atoms with van der Waals surface area (Å²) >= 11 is 5.40. The lowest BCUT2D eigenvalue weighted by Crippen LogP contribution is -2.24. The van der Waals surface area contributed by atoms with Crippen molar-refractivity contribution in [1.29, 1.82) is 0 Å². The molecule has 0 unspecified atom stereocenters. The molecule has 3 aromatic rings. The lowest BCUT2D eigenvalue weighted by molar-refractivity contribution is 0.551. The number of hydrogen-bond acceptors (Lipinski definition) is 3. The average molecular weight is 300 g/mol. The summed E-state index contributed by atoms with van der Waals surface area (Å²) in [4.78, 5) is 12.5. The van der Waals surface area contributed by atoms with E-state index in [1.807, 2.05) is 48.7 Å². The summed E-state index contributed by atoms with van der Waals surface area (Å²) in [5.74, 6) is 0.688. The molecule has 3 rings (SSSR count). The van der Waals surface area contributed by atoms with Crippen molar-refractivity contribution < 1.29 is 4.42 Å². The molecule has 2 heterocycles. The van der Waals surface area contributed by atoms with Gasteiger partial charge >= 0.3 is 0 Å². The van der Waals surface area contributed by atoms with E-state index >= 15 is 0 Å². The number of hydrogen-bond donors (Lipinski definition) is 0. The second-order valence-electron chi connectivity index (χ2n) is 4.77. The Morgan fingerprint density at radius 3 is 2.38 bits per heavy atom. The maximum atomic E-state index is 12.5. The molecule has 0 bridgehead atoms. The quantitative estimate of drug-likeness (QED) is 0.690. The van der Waals surface area contributed by atoms with Crippen molar-refractivity contribution in [3.05, 3.63) is 51.5 Å². The standard InChI is InChI=1S/C16H16N2O2S/c1-3-17-14(19)12-10-13(11-8-6-5-7-9-11)20-15(12)18(4-2)16(17)21/h5-10H,3-4H2,1-2H3. The highest BCUT2D eigenvalue weighted by molar-refractivity contribution is 7.71. The van der Waals surface area contributed by atoms with Crippen LogP contribution >= 0.6 is 12.2 Å². The summed E-state index contributed by atoms with van der Waals surface area (Å²) in [6, 6.07) is 11.6. The normalized spacial score (nSPS) is 11.1. The first kappa shape index (κ1) is 13.8. The lowest BCUT2D eigenvalue weighted by atomic mass is 10.2. The molecule has 0 aliphatic rings. The van der Waals surface area contributed by atoms with E-state index in [0.29, 0.717) is 34.7 Å². The minimum absolute atomic E-state index is 0.0897. The summed E-state index contributed by atoms with van der Waals surface area (Å²) in [7, 11) is 0. The zero-order valence-corrected chi connectivity index (χ0v) is 12.8. The molecule has 0 fully saturated rings. The number of aryl methyl sites for hydroxylation is 1. The highest BCUT2D eigenvalue weighted by atomic mass is 32.1. The molecule has 21 heavy (non-hydrogen) atoms. The summed E-state index contributed by atoms with van der Waals surface area (Å²) in [5, 5.41) is 0.575. The Kier molecular flexibility index (Phi) is 3.51. The van der Waals surface area contributed by atoms with Gasteiger partial charge in [-0.2, -0.15) is 0 Å². The van der Waals surface area contributed by atoms with Crippen molar-refractivity contribution >= 4 is 23.3 Å². The third kappa shape index (κ3) is 2.14. The lowest BCUT2D eigenvalue weighted by Gasteiger charge is -2.09. The van der Waals surface area contributed by atoms with Gasteiger partial charge in [-0.3, -0.25) is 13.9 Å². The molecule has 1 aromatic carbocycles. The molecule has 0 atom stereocenters. The number of rotatable bonds is 3. The molecule has 2 aromatic heterocycles. The minimum atomic E-state index is -0.0897. The van der Waals surface area contributed by atoms with E-state index in [9.17, 15) is 4.79 Å². The maximum Gasteiger partial charge on any atom is 0.265 e. The summed E-state index contributed by atoms with van der Waals surface area (Å²) < 4.78 is 9.89. The first-order chi connectivity index (χ1) is 10.2. The molecule has 0 aliphatic heterocycles. The zero-order chi connectivity index (χ0) is 15.0. The number of nitrogens with zero attached hydrogens (tertiary/aromatic N) is 2. The third-order valence-electron chi connectivity index (χ3n) is 3.59. The third-order valence-corrected chi connectivity index (χ3v) is 4.03. The second-order valence-corrected chi connectivity index (χ2v) is 5.14. The molecule has 0 spiro atoms. The summed E-state index contributed by atoms with van der Waals surface area (Å²) in [6.07, 6.45) is 0. The largest absolute Gasteiger partial charge is 0.439 e. The predicted octanol–water partition coefficient (Wildman–Crippen LogP) is 3.83. The van der Waals surface area contributed by atoms with Gasteiger partial charge < -0.3 is 4.42 Å². The van der Waals surface area contributed by atoms with Crippen LogP contribution in [-0.4, -0.2) is 9.13 Å². The van der Waals surface area contributed by atoms with E-state index in [1.165, 1.54) is 0 Å².